The predicted molar refractivity (Wildman–Crippen MR) is 118 cm³/mol. The Morgan fingerprint density at radius 2 is 1.59 bits per heavy atom. The smallest absolute Gasteiger partial charge is 0.243 e. The minimum atomic E-state index is -0.558. The van der Waals surface area contributed by atoms with Gasteiger partial charge in [0.05, 0.1) is 0 Å². The van der Waals surface area contributed by atoms with Gasteiger partial charge in [0.1, 0.15) is 6.04 Å². The summed E-state index contributed by atoms with van der Waals surface area (Å²) in [6, 6.07) is 17.5. The van der Waals surface area contributed by atoms with Crippen LogP contribution in [0.2, 0.25) is 0 Å². The summed E-state index contributed by atoms with van der Waals surface area (Å²) in [6.07, 6.45) is 1.67. The van der Waals surface area contributed by atoms with Gasteiger partial charge >= 0.3 is 0 Å². The number of hydrogen-bond donors (Lipinski definition) is 1. The Bertz CT molecular complexity index is 792. The average Bonchev–Trinajstić information content (AvgIpc) is 2.65. The summed E-state index contributed by atoms with van der Waals surface area (Å²) in [5.74, 6) is -0.101. The maximum atomic E-state index is 13.3. The highest BCUT2D eigenvalue weighted by atomic mass is 16.2. The third kappa shape index (κ3) is 7.37. The molecular formula is C25H34N2O2. The molecule has 0 aliphatic rings. The second kappa shape index (κ2) is 10.2. The highest BCUT2D eigenvalue weighted by Gasteiger charge is 2.31. The molecule has 1 N–H and O–H groups in total. The predicted octanol–water partition coefficient (Wildman–Crippen LogP) is 4.65. The third-order valence-corrected chi connectivity index (χ3v) is 4.71. The number of rotatable bonds is 8. The van der Waals surface area contributed by atoms with Crippen molar-refractivity contribution in [3.05, 3.63) is 71.3 Å². The molecule has 29 heavy (non-hydrogen) atoms. The number of aryl methyl sites for hydroxylation is 1. The fourth-order valence-corrected chi connectivity index (χ4v) is 3.25. The number of nitrogens with one attached hydrogen (secondary N) is 1. The quantitative estimate of drug-likeness (QED) is 0.708. The molecule has 2 rings (SSSR count). The van der Waals surface area contributed by atoms with Gasteiger partial charge in [-0.3, -0.25) is 9.59 Å². The van der Waals surface area contributed by atoms with Gasteiger partial charge in [-0.2, -0.15) is 0 Å². The lowest BCUT2D eigenvalue weighted by molar-refractivity contribution is -0.142. The molecule has 0 bridgehead atoms. The summed E-state index contributed by atoms with van der Waals surface area (Å²) in [6.45, 7) is 10.3. The molecule has 156 valence electrons. The Balaban J connectivity index is 2.38. The van der Waals surface area contributed by atoms with Crippen molar-refractivity contribution in [2.45, 2.75) is 72.0 Å². The van der Waals surface area contributed by atoms with E-state index < -0.39 is 6.04 Å². The molecule has 4 heteroatoms. The molecular weight excluding hydrogens is 360 g/mol. The highest BCUT2D eigenvalue weighted by molar-refractivity contribution is 5.88. The first-order valence-electron chi connectivity index (χ1n) is 10.4. The zero-order valence-electron chi connectivity index (χ0n) is 18.4. The Labute approximate surface area is 175 Å². The van der Waals surface area contributed by atoms with Crippen LogP contribution in [0.1, 0.15) is 57.2 Å². The summed E-state index contributed by atoms with van der Waals surface area (Å²) in [5.41, 5.74) is 2.88. The lowest BCUT2D eigenvalue weighted by atomic mass is 10.00. The van der Waals surface area contributed by atoms with E-state index in [1.807, 2.05) is 89.2 Å². The highest BCUT2D eigenvalue weighted by Crippen LogP contribution is 2.17. The monoisotopic (exact) mass is 394 g/mol. The minimum absolute atomic E-state index is 0.0121. The maximum absolute atomic E-state index is 13.3. The summed E-state index contributed by atoms with van der Waals surface area (Å²) < 4.78 is 0. The third-order valence-electron chi connectivity index (χ3n) is 4.71. The number of hydrogen-bond acceptors (Lipinski definition) is 2. The molecule has 0 aliphatic carbocycles. The second-order valence-electron chi connectivity index (χ2n) is 8.70. The number of amides is 2. The van der Waals surface area contributed by atoms with E-state index in [0.717, 1.165) is 17.5 Å². The van der Waals surface area contributed by atoms with Crippen LogP contribution in [0.25, 0.3) is 0 Å². The lowest BCUT2D eigenvalue weighted by Gasteiger charge is -2.34. The summed E-state index contributed by atoms with van der Waals surface area (Å²) in [7, 11) is 0. The van der Waals surface area contributed by atoms with E-state index in [4.69, 9.17) is 0 Å². The lowest BCUT2D eigenvalue weighted by Crippen LogP contribution is -2.54. The van der Waals surface area contributed by atoms with E-state index in [0.29, 0.717) is 19.4 Å². The SMILES string of the molecule is CCCC(=O)N(Cc1ccc(C)cc1)C(Cc1ccccc1)C(=O)NC(C)(C)C. The van der Waals surface area contributed by atoms with Gasteiger partial charge in [0.15, 0.2) is 0 Å². The van der Waals surface area contributed by atoms with E-state index in [-0.39, 0.29) is 17.4 Å². The first-order chi connectivity index (χ1) is 13.7. The number of carbonyl (C=O) groups is 2. The van der Waals surface area contributed by atoms with E-state index >= 15 is 0 Å². The van der Waals surface area contributed by atoms with Crippen LogP contribution in [0.4, 0.5) is 0 Å². The molecule has 0 aliphatic heterocycles. The van der Waals surface area contributed by atoms with Gasteiger partial charge in [-0.05, 0) is 45.2 Å². The van der Waals surface area contributed by atoms with E-state index in [1.54, 1.807) is 4.90 Å². The van der Waals surface area contributed by atoms with Gasteiger partial charge in [0.2, 0.25) is 11.8 Å². The zero-order chi connectivity index (χ0) is 21.4. The topological polar surface area (TPSA) is 49.4 Å². The van der Waals surface area contributed by atoms with Gasteiger partial charge in [-0.25, -0.2) is 0 Å². The Morgan fingerprint density at radius 3 is 2.14 bits per heavy atom. The standard InChI is InChI=1S/C25H34N2O2/c1-6-10-23(28)27(18-21-15-13-19(2)14-16-21)22(24(29)26-25(3,4)5)17-20-11-8-7-9-12-20/h7-9,11-16,22H,6,10,17-18H2,1-5H3,(H,26,29). The van der Waals surface area contributed by atoms with Crippen LogP contribution in [0.15, 0.2) is 54.6 Å². The number of nitrogens with zero attached hydrogens (tertiary/aromatic N) is 1. The molecule has 0 saturated heterocycles. The largest absolute Gasteiger partial charge is 0.350 e. The summed E-state index contributed by atoms with van der Waals surface area (Å²) >= 11 is 0. The van der Waals surface area contributed by atoms with Crippen molar-refractivity contribution in [1.82, 2.24) is 10.2 Å². The van der Waals surface area contributed by atoms with Crippen molar-refractivity contribution in [3.63, 3.8) is 0 Å². The maximum Gasteiger partial charge on any atom is 0.243 e. The van der Waals surface area contributed by atoms with Crippen molar-refractivity contribution in [2.75, 3.05) is 0 Å². The normalized spacial score (nSPS) is 12.3. The second-order valence-corrected chi connectivity index (χ2v) is 8.70. The molecule has 0 radical (unpaired) electrons. The van der Waals surface area contributed by atoms with Crippen molar-refractivity contribution in [2.24, 2.45) is 0 Å². The molecule has 0 aromatic heterocycles. The first kappa shape index (κ1) is 22.7. The van der Waals surface area contributed by atoms with Crippen LogP contribution in [0.5, 0.6) is 0 Å². The Kier molecular flexibility index (Phi) is 8.00. The summed E-state index contributed by atoms with van der Waals surface area (Å²) in [5, 5.41) is 3.08. The fourth-order valence-electron chi connectivity index (χ4n) is 3.25. The molecule has 1 unspecified atom stereocenters. The van der Waals surface area contributed by atoms with Crippen LogP contribution in [-0.2, 0) is 22.6 Å². The molecule has 0 spiro atoms. The van der Waals surface area contributed by atoms with Crippen LogP contribution in [-0.4, -0.2) is 28.3 Å². The average molecular weight is 395 g/mol. The van der Waals surface area contributed by atoms with E-state index in [2.05, 4.69) is 5.32 Å². The van der Waals surface area contributed by atoms with Gasteiger partial charge in [0.25, 0.3) is 0 Å². The van der Waals surface area contributed by atoms with E-state index in [1.165, 1.54) is 5.56 Å². The van der Waals surface area contributed by atoms with Crippen molar-refractivity contribution >= 4 is 11.8 Å². The van der Waals surface area contributed by atoms with Crippen LogP contribution in [0, 0.1) is 6.92 Å². The first-order valence-corrected chi connectivity index (χ1v) is 10.4. The van der Waals surface area contributed by atoms with Crippen LogP contribution >= 0.6 is 0 Å². The van der Waals surface area contributed by atoms with Gasteiger partial charge in [-0.1, -0.05) is 67.1 Å². The zero-order valence-corrected chi connectivity index (χ0v) is 18.4. The molecule has 0 fully saturated rings. The Hall–Kier alpha value is -2.62. The molecule has 2 aromatic rings. The van der Waals surface area contributed by atoms with Crippen LogP contribution in [0.3, 0.4) is 0 Å². The molecule has 2 amide bonds. The van der Waals surface area contributed by atoms with E-state index in [9.17, 15) is 9.59 Å². The van der Waals surface area contributed by atoms with Gasteiger partial charge in [-0.15, -0.1) is 0 Å². The van der Waals surface area contributed by atoms with Crippen molar-refractivity contribution in [3.8, 4) is 0 Å². The minimum Gasteiger partial charge on any atom is -0.350 e. The Morgan fingerprint density at radius 1 is 0.966 bits per heavy atom. The van der Waals surface area contributed by atoms with Gasteiger partial charge < -0.3 is 10.2 Å². The number of carbonyl (C=O) groups excluding carboxylic acids is 2. The van der Waals surface area contributed by atoms with Crippen molar-refractivity contribution in [1.29, 1.82) is 0 Å². The molecule has 0 heterocycles. The molecule has 1 atom stereocenters. The molecule has 4 nitrogen and oxygen atoms in total. The van der Waals surface area contributed by atoms with Crippen molar-refractivity contribution < 1.29 is 9.59 Å². The van der Waals surface area contributed by atoms with Gasteiger partial charge in [0, 0.05) is 24.9 Å². The fraction of sp³-hybridized carbons (Fsp3) is 0.440. The number of benzene rings is 2. The summed E-state index contributed by atoms with van der Waals surface area (Å²) in [4.78, 5) is 28.1. The van der Waals surface area contributed by atoms with Crippen LogP contribution < -0.4 is 5.32 Å². The molecule has 2 aromatic carbocycles. The molecule has 0 saturated carbocycles.